The largest absolute Gasteiger partial charge is 0.385 e. The summed E-state index contributed by atoms with van der Waals surface area (Å²) in [5.74, 6) is 0.964. The maximum atomic E-state index is 3.59. The van der Waals surface area contributed by atoms with Crippen molar-refractivity contribution in [3.8, 4) is 0 Å². The fourth-order valence-electron chi connectivity index (χ4n) is 3.04. The van der Waals surface area contributed by atoms with E-state index in [1.54, 1.807) is 0 Å². The van der Waals surface area contributed by atoms with E-state index >= 15 is 0 Å². The van der Waals surface area contributed by atoms with E-state index < -0.39 is 0 Å². The number of anilines is 1. The maximum Gasteiger partial charge on any atom is 0.0343 e. The molecule has 0 amide bonds. The summed E-state index contributed by atoms with van der Waals surface area (Å²) in [4.78, 5) is 2.21. The normalized spacial score (nSPS) is 16.8. The van der Waals surface area contributed by atoms with E-state index in [4.69, 9.17) is 0 Å². The minimum atomic E-state index is 0.964. The fraction of sp³-hybridized carbons (Fsp3) is 0.647. The van der Waals surface area contributed by atoms with Crippen LogP contribution in [0.1, 0.15) is 44.1 Å². The number of hydrogen-bond acceptors (Lipinski definition) is 2. The van der Waals surface area contributed by atoms with Crippen LogP contribution in [0.5, 0.6) is 0 Å². The summed E-state index contributed by atoms with van der Waals surface area (Å²) in [6.45, 7) is 2.13. The van der Waals surface area contributed by atoms with E-state index in [0.29, 0.717) is 0 Å². The summed E-state index contributed by atoms with van der Waals surface area (Å²) in [5.41, 5.74) is 2.66. The lowest BCUT2D eigenvalue weighted by Crippen LogP contribution is -2.13. The molecule has 0 atom stereocenters. The first-order valence-electron chi connectivity index (χ1n) is 7.71. The monoisotopic (exact) mass is 260 g/mol. The zero-order chi connectivity index (χ0) is 13.5. The Labute approximate surface area is 118 Å². The number of nitrogens with one attached hydrogen (secondary N) is 1. The fourth-order valence-corrected chi connectivity index (χ4v) is 3.04. The molecule has 0 spiro atoms. The van der Waals surface area contributed by atoms with Crippen LogP contribution in [0.15, 0.2) is 24.3 Å². The molecule has 1 aliphatic rings. The highest BCUT2D eigenvalue weighted by molar-refractivity contribution is 5.45. The van der Waals surface area contributed by atoms with E-state index in [2.05, 4.69) is 48.6 Å². The lowest BCUT2D eigenvalue weighted by Gasteiger charge is -2.21. The number of benzene rings is 1. The smallest absolute Gasteiger partial charge is 0.0343 e. The van der Waals surface area contributed by atoms with Gasteiger partial charge in [-0.05, 0) is 44.1 Å². The van der Waals surface area contributed by atoms with Gasteiger partial charge in [0, 0.05) is 18.8 Å². The van der Waals surface area contributed by atoms with Crippen molar-refractivity contribution < 1.29 is 0 Å². The van der Waals surface area contributed by atoms with Crippen LogP contribution in [0, 0.1) is 5.92 Å². The first-order chi connectivity index (χ1) is 9.24. The molecule has 0 aromatic heterocycles. The molecule has 1 fully saturated rings. The number of rotatable bonds is 6. The summed E-state index contributed by atoms with van der Waals surface area (Å²) in [7, 11) is 4.23. The summed E-state index contributed by atoms with van der Waals surface area (Å²) in [6, 6.07) is 8.81. The molecule has 2 nitrogen and oxygen atoms in total. The Kier molecular flexibility index (Phi) is 5.71. The highest BCUT2D eigenvalue weighted by Gasteiger charge is 2.12. The molecule has 0 unspecified atom stereocenters. The van der Waals surface area contributed by atoms with Gasteiger partial charge in [-0.25, -0.2) is 0 Å². The molecule has 19 heavy (non-hydrogen) atoms. The van der Waals surface area contributed by atoms with Gasteiger partial charge in [0.1, 0.15) is 0 Å². The SMILES string of the molecule is CN(C)Cc1cccc(NCCC2CCCCC2)c1. The van der Waals surface area contributed by atoms with Gasteiger partial charge < -0.3 is 10.2 Å². The second kappa shape index (κ2) is 7.54. The third-order valence-electron chi connectivity index (χ3n) is 4.03. The predicted molar refractivity (Wildman–Crippen MR) is 83.5 cm³/mol. The van der Waals surface area contributed by atoms with Crippen LogP contribution in [0.2, 0.25) is 0 Å². The van der Waals surface area contributed by atoms with Gasteiger partial charge in [-0.1, -0.05) is 44.2 Å². The summed E-state index contributed by atoms with van der Waals surface area (Å²) < 4.78 is 0. The van der Waals surface area contributed by atoms with Gasteiger partial charge in [-0.15, -0.1) is 0 Å². The Morgan fingerprint density at radius 1 is 1.16 bits per heavy atom. The quantitative estimate of drug-likeness (QED) is 0.827. The van der Waals surface area contributed by atoms with E-state index in [-0.39, 0.29) is 0 Å². The molecule has 0 aliphatic heterocycles. The Morgan fingerprint density at radius 2 is 1.95 bits per heavy atom. The topological polar surface area (TPSA) is 15.3 Å². The minimum Gasteiger partial charge on any atom is -0.385 e. The molecule has 1 aromatic carbocycles. The number of nitrogens with zero attached hydrogens (tertiary/aromatic N) is 1. The molecule has 2 rings (SSSR count). The van der Waals surface area contributed by atoms with Crippen LogP contribution in [0.4, 0.5) is 5.69 Å². The second-order valence-electron chi connectivity index (χ2n) is 6.16. The summed E-state index contributed by atoms with van der Waals surface area (Å²) in [6.07, 6.45) is 8.57. The first-order valence-corrected chi connectivity index (χ1v) is 7.71. The van der Waals surface area contributed by atoms with Gasteiger partial charge in [0.15, 0.2) is 0 Å². The van der Waals surface area contributed by atoms with Crippen LogP contribution in [0.3, 0.4) is 0 Å². The van der Waals surface area contributed by atoms with Crippen LogP contribution in [-0.2, 0) is 6.54 Å². The average Bonchev–Trinajstić information content (AvgIpc) is 2.40. The van der Waals surface area contributed by atoms with Gasteiger partial charge in [-0.3, -0.25) is 0 Å². The van der Waals surface area contributed by atoms with Crippen molar-refractivity contribution in [2.45, 2.75) is 45.1 Å². The molecule has 106 valence electrons. The predicted octanol–water partition coefficient (Wildman–Crippen LogP) is 4.13. The minimum absolute atomic E-state index is 0.964. The van der Waals surface area contributed by atoms with Crippen molar-refractivity contribution in [3.63, 3.8) is 0 Å². The molecule has 1 saturated carbocycles. The van der Waals surface area contributed by atoms with Crippen molar-refractivity contribution in [2.24, 2.45) is 5.92 Å². The highest BCUT2D eigenvalue weighted by atomic mass is 15.0. The van der Waals surface area contributed by atoms with Crippen molar-refractivity contribution in [3.05, 3.63) is 29.8 Å². The van der Waals surface area contributed by atoms with E-state index in [1.165, 1.54) is 49.8 Å². The second-order valence-corrected chi connectivity index (χ2v) is 6.16. The lowest BCUT2D eigenvalue weighted by molar-refractivity contribution is 0.345. The Bertz CT molecular complexity index is 367. The van der Waals surface area contributed by atoms with Crippen LogP contribution < -0.4 is 5.32 Å². The van der Waals surface area contributed by atoms with Gasteiger partial charge in [0.2, 0.25) is 0 Å². The van der Waals surface area contributed by atoms with Gasteiger partial charge in [0.05, 0.1) is 0 Å². The third-order valence-corrected chi connectivity index (χ3v) is 4.03. The standard InChI is InChI=1S/C17H28N2/c1-19(2)14-16-9-6-10-17(13-16)18-12-11-15-7-4-3-5-8-15/h6,9-10,13,15,18H,3-5,7-8,11-12,14H2,1-2H3. The molecule has 1 aliphatic carbocycles. The molecule has 1 N–H and O–H groups in total. The Balaban J connectivity index is 1.75. The molecule has 0 bridgehead atoms. The van der Waals surface area contributed by atoms with Crippen molar-refractivity contribution in [2.75, 3.05) is 26.0 Å². The average molecular weight is 260 g/mol. The molecule has 0 radical (unpaired) electrons. The van der Waals surface area contributed by atoms with E-state index in [9.17, 15) is 0 Å². The van der Waals surface area contributed by atoms with Crippen molar-refractivity contribution >= 4 is 5.69 Å². The van der Waals surface area contributed by atoms with Crippen LogP contribution >= 0.6 is 0 Å². The first kappa shape index (κ1) is 14.4. The van der Waals surface area contributed by atoms with Crippen LogP contribution in [0.25, 0.3) is 0 Å². The molecule has 0 heterocycles. The molecular weight excluding hydrogens is 232 g/mol. The summed E-state index contributed by atoms with van der Waals surface area (Å²) in [5, 5.41) is 3.59. The third kappa shape index (κ3) is 5.23. The van der Waals surface area contributed by atoms with Gasteiger partial charge in [0.25, 0.3) is 0 Å². The maximum absolute atomic E-state index is 3.59. The molecule has 0 saturated heterocycles. The Morgan fingerprint density at radius 3 is 2.68 bits per heavy atom. The van der Waals surface area contributed by atoms with E-state index in [0.717, 1.165) is 19.0 Å². The van der Waals surface area contributed by atoms with Crippen LogP contribution in [-0.4, -0.2) is 25.5 Å². The van der Waals surface area contributed by atoms with E-state index in [1.807, 2.05) is 0 Å². The number of hydrogen-bond donors (Lipinski definition) is 1. The van der Waals surface area contributed by atoms with Gasteiger partial charge in [-0.2, -0.15) is 0 Å². The Hall–Kier alpha value is -1.02. The highest BCUT2D eigenvalue weighted by Crippen LogP contribution is 2.26. The lowest BCUT2D eigenvalue weighted by atomic mass is 9.87. The molecule has 2 heteroatoms. The molecular formula is C17H28N2. The van der Waals surface area contributed by atoms with Crippen molar-refractivity contribution in [1.29, 1.82) is 0 Å². The van der Waals surface area contributed by atoms with Crippen molar-refractivity contribution in [1.82, 2.24) is 4.90 Å². The zero-order valence-electron chi connectivity index (χ0n) is 12.5. The molecule has 1 aromatic rings. The zero-order valence-corrected chi connectivity index (χ0v) is 12.5. The summed E-state index contributed by atoms with van der Waals surface area (Å²) >= 11 is 0. The van der Waals surface area contributed by atoms with Gasteiger partial charge >= 0.3 is 0 Å².